The van der Waals surface area contributed by atoms with E-state index in [2.05, 4.69) is 5.32 Å². The number of carbonyl (C=O) groups excluding carboxylic acids is 1. The molecule has 0 aliphatic carbocycles. The maximum absolute atomic E-state index is 13.6. The maximum Gasteiger partial charge on any atom is 0.419 e. The molecule has 2 aromatic carbocycles. The van der Waals surface area contributed by atoms with Crippen LogP contribution in [0.5, 0.6) is 0 Å². The second kappa shape index (κ2) is 6.87. The summed E-state index contributed by atoms with van der Waals surface area (Å²) < 4.78 is 52.6. The predicted molar refractivity (Wildman–Crippen MR) is 96.7 cm³/mol. The SMILES string of the molecule is CCC1CN(C(=O)c2ccc(F)c(C(F)(F)F)c2)c2cc(C)c(C)cc2N1. The maximum atomic E-state index is 13.6. The quantitative estimate of drug-likeness (QED) is 0.716. The van der Waals surface area contributed by atoms with Crippen LogP contribution in [0.1, 0.15) is 40.4 Å². The second-order valence-electron chi connectivity index (χ2n) is 6.81. The van der Waals surface area contributed by atoms with Gasteiger partial charge in [-0.1, -0.05) is 6.92 Å². The van der Waals surface area contributed by atoms with Crippen molar-refractivity contribution in [2.75, 3.05) is 16.8 Å². The van der Waals surface area contributed by atoms with Crippen LogP contribution in [0.3, 0.4) is 0 Å². The van der Waals surface area contributed by atoms with E-state index in [9.17, 15) is 22.4 Å². The third-order valence-corrected chi connectivity index (χ3v) is 4.92. The van der Waals surface area contributed by atoms with Gasteiger partial charge < -0.3 is 10.2 Å². The van der Waals surface area contributed by atoms with E-state index < -0.39 is 23.5 Å². The summed E-state index contributed by atoms with van der Waals surface area (Å²) in [6, 6.07) is 6.12. The molecule has 0 fully saturated rings. The van der Waals surface area contributed by atoms with Gasteiger partial charge in [-0.05, 0) is 61.7 Å². The van der Waals surface area contributed by atoms with Crippen LogP contribution < -0.4 is 10.2 Å². The minimum absolute atomic E-state index is 0.0221. The van der Waals surface area contributed by atoms with Crippen molar-refractivity contribution in [1.82, 2.24) is 0 Å². The minimum atomic E-state index is -4.86. The molecule has 1 unspecified atom stereocenters. The standard InChI is InChI=1S/C20H20F4N2O/c1-4-14-10-26(18-8-12(3)11(2)7-17(18)25-14)19(27)13-5-6-16(21)15(9-13)20(22,23)24/h5-9,14,25H,4,10H2,1-3H3. The van der Waals surface area contributed by atoms with Crippen molar-refractivity contribution < 1.29 is 22.4 Å². The highest BCUT2D eigenvalue weighted by Crippen LogP contribution is 2.36. The van der Waals surface area contributed by atoms with Gasteiger partial charge in [-0.3, -0.25) is 4.79 Å². The van der Waals surface area contributed by atoms with Crippen molar-refractivity contribution >= 4 is 17.3 Å². The molecule has 0 radical (unpaired) electrons. The van der Waals surface area contributed by atoms with Gasteiger partial charge in [-0.15, -0.1) is 0 Å². The molecule has 0 saturated carbocycles. The first-order valence-electron chi connectivity index (χ1n) is 8.68. The highest BCUT2D eigenvalue weighted by molar-refractivity contribution is 6.08. The number of nitrogens with zero attached hydrogens (tertiary/aromatic N) is 1. The Labute approximate surface area is 155 Å². The summed E-state index contributed by atoms with van der Waals surface area (Å²) in [5, 5.41) is 3.36. The minimum Gasteiger partial charge on any atom is -0.379 e. The Balaban J connectivity index is 2.06. The number of anilines is 2. The van der Waals surface area contributed by atoms with E-state index >= 15 is 0 Å². The Morgan fingerprint density at radius 1 is 1.19 bits per heavy atom. The summed E-state index contributed by atoms with van der Waals surface area (Å²) in [6.45, 7) is 6.15. The third-order valence-electron chi connectivity index (χ3n) is 4.92. The van der Waals surface area contributed by atoms with E-state index in [0.29, 0.717) is 24.4 Å². The summed E-state index contributed by atoms with van der Waals surface area (Å²) in [5.74, 6) is -1.97. The summed E-state index contributed by atoms with van der Waals surface area (Å²) in [4.78, 5) is 14.5. The molecule has 144 valence electrons. The molecule has 0 spiro atoms. The normalized spacial score (nSPS) is 16.7. The smallest absolute Gasteiger partial charge is 0.379 e. The molecule has 2 aromatic rings. The van der Waals surface area contributed by atoms with Gasteiger partial charge in [0.2, 0.25) is 0 Å². The van der Waals surface area contributed by atoms with Gasteiger partial charge in [0.05, 0.1) is 16.9 Å². The molecule has 3 rings (SSSR count). The zero-order valence-electron chi connectivity index (χ0n) is 15.2. The van der Waals surface area contributed by atoms with Crippen LogP contribution >= 0.6 is 0 Å². The predicted octanol–water partition coefficient (Wildman–Crippen LogP) is 5.31. The number of rotatable bonds is 2. The van der Waals surface area contributed by atoms with Gasteiger partial charge >= 0.3 is 6.18 Å². The van der Waals surface area contributed by atoms with E-state index in [1.54, 1.807) is 0 Å². The average Bonchev–Trinajstić information content (AvgIpc) is 2.60. The first-order valence-corrected chi connectivity index (χ1v) is 8.68. The lowest BCUT2D eigenvalue weighted by Crippen LogP contribution is -2.44. The molecule has 0 bridgehead atoms. The molecule has 7 heteroatoms. The first kappa shape index (κ1) is 19.2. The molecule has 1 heterocycles. The van der Waals surface area contributed by atoms with Gasteiger partial charge in [0, 0.05) is 18.2 Å². The van der Waals surface area contributed by atoms with E-state index in [0.717, 1.165) is 29.3 Å². The highest BCUT2D eigenvalue weighted by atomic mass is 19.4. The molecule has 1 aliphatic rings. The molecule has 1 amide bonds. The molecule has 3 nitrogen and oxygen atoms in total. The van der Waals surface area contributed by atoms with Crippen LogP contribution in [0.15, 0.2) is 30.3 Å². The summed E-state index contributed by atoms with van der Waals surface area (Å²) in [7, 11) is 0. The molecule has 1 aliphatic heterocycles. The Kier molecular flexibility index (Phi) is 4.88. The number of alkyl halides is 3. The molecule has 0 aromatic heterocycles. The fraction of sp³-hybridized carbons (Fsp3) is 0.350. The number of carbonyl (C=O) groups is 1. The van der Waals surface area contributed by atoms with Crippen molar-refractivity contribution in [2.45, 2.75) is 39.4 Å². The lowest BCUT2D eigenvalue weighted by atomic mass is 10.0. The number of hydrogen-bond acceptors (Lipinski definition) is 2. The Morgan fingerprint density at radius 2 is 1.85 bits per heavy atom. The number of hydrogen-bond donors (Lipinski definition) is 1. The number of fused-ring (bicyclic) bond motifs is 1. The number of benzene rings is 2. The van der Waals surface area contributed by atoms with Crippen LogP contribution in [-0.4, -0.2) is 18.5 Å². The van der Waals surface area contributed by atoms with Crippen LogP contribution in [0, 0.1) is 19.7 Å². The topological polar surface area (TPSA) is 32.3 Å². The number of nitrogens with one attached hydrogen (secondary N) is 1. The van der Waals surface area contributed by atoms with Crippen LogP contribution in [0.4, 0.5) is 28.9 Å². The zero-order valence-corrected chi connectivity index (χ0v) is 15.2. The van der Waals surface area contributed by atoms with Gasteiger partial charge in [-0.25, -0.2) is 4.39 Å². The molecule has 1 N–H and O–H groups in total. The number of amides is 1. The molecular formula is C20H20F4N2O. The van der Waals surface area contributed by atoms with Crippen molar-refractivity contribution in [2.24, 2.45) is 0 Å². The Bertz CT molecular complexity index is 892. The molecule has 27 heavy (non-hydrogen) atoms. The summed E-state index contributed by atoms with van der Waals surface area (Å²) in [5.41, 5.74) is 1.78. The number of aryl methyl sites for hydroxylation is 2. The molecular weight excluding hydrogens is 360 g/mol. The van der Waals surface area contributed by atoms with Crippen molar-refractivity contribution in [3.63, 3.8) is 0 Å². The Hall–Kier alpha value is -2.57. The summed E-state index contributed by atoms with van der Waals surface area (Å²) >= 11 is 0. The van der Waals surface area contributed by atoms with Crippen molar-refractivity contribution in [3.05, 3.63) is 58.4 Å². The van der Waals surface area contributed by atoms with Gasteiger partial charge in [0.25, 0.3) is 5.91 Å². The lowest BCUT2D eigenvalue weighted by Gasteiger charge is -2.36. The van der Waals surface area contributed by atoms with E-state index in [4.69, 9.17) is 0 Å². The number of halogens is 4. The lowest BCUT2D eigenvalue weighted by molar-refractivity contribution is -0.140. The fourth-order valence-corrected chi connectivity index (χ4v) is 3.18. The first-order chi connectivity index (χ1) is 12.6. The van der Waals surface area contributed by atoms with Gasteiger partial charge in [-0.2, -0.15) is 13.2 Å². The molecule has 1 atom stereocenters. The zero-order chi connectivity index (χ0) is 19.9. The third kappa shape index (κ3) is 3.63. The van der Waals surface area contributed by atoms with E-state index in [1.807, 2.05) is 32.9 Å². The van der Waals surface area contributed by atoms with Crippen LogP contribution in [0.2, 0.25) is 0 Å². The highest BCUT2D eigenvalue weighted by Gasteiger charge is 2.36. The second-order valence-corrected chi connectivity index (χ2v) is 6.81. The van der Waals surface area contributed by atoms with E-state index in [1.165, 1.54) is 4.90 Å². The Morgan fingerprint density at radius 3 is 2.48 bits per heavy atom. The summed E-state index contributed by atoms with van der Waals surface area (Å²) in [6.07, 6.45) is -4.12. The van der Waals surface area contributed by atoms with Gasteiger partial charge in [0.1, 0.15) is 5.82 Å². The monoisotopic (exact) mass is 380 g/mol. The van der Waals surface area contributed by atoms with Crippen LogP contribution in [-0.2, 0) is 6.18 Å². The average molecular weight is 380 g/mol. The van der Waals surface area contributed by atoms with Crippen LogP contribution in [0.25, 0.3) is 0 Å². The van der Waals surface area contributed by atoms with Crippen molar-refractivity contribution in [1.29, 1.82) is 0 Å². The largest absolute Gasteiger partial charge is 0.419 e. The fourth-order valence-electron chi connectivity index (χ4n) is 3.18. The van der Waals surface area contributed by atoms with Crippen molar-refractivity contribution in [3.8, 4) is 0 Å². The van der Waals surface area contributed by atoms with E-state index in [-0.39, 0.29) is 11.6 Å². The molecule has 0 saturated heterocycles. The van der Waals surface area contributed by atoms with Gasteiger partial charge in [0.15, 0.2) is 0 Å².